The molecule has 0 amide bonds. The molecule has 0 spiro atoms. The first-order valence-corrected chi connectivity index (χ1v) is 4.09. The molecule has 0 aliphatic heterocycles. The topological polar surface area (TPSA) is 0 Å². The Kier molecular flexibility index (Phi) is 2.14. The zero-order chi connectivity index (χ0) is 5.98. The second kappa shape index (κ2) is 2.69. The molecule has 0 atom stereocenters. The zero-order valence-corrected chi connectivity index (χ0v) is 6.92. The van der Waals surface area contributed by atoms with E-state index in [2.05, 4.69) is 34.0 Å². The van der Waals surface area contributed by atoms with Crippen molar-refractivity contribution >= 4 is 40.0 Å². The van der Waals surface area contributed by atoms with Gasteiger partial charge in [0.05, 0.1) is 0 Å². The number of thiophene rings is 1. The Morgan fingerprint density at radius 3 is 2.62 bits per heavy atom. The average molecular weight is 188 g/mol. The average Bonchev–Trinajstić information content (AvgIpc) is 2.14. The fraction of sp³-hybridized carbons (Fsp3) is 0.200. The first-order chi connectivity index (χ1) is 3.84. The lowest BCUT2D eigenvalue weighted by molar-refractivity contribution is 1.97. The molecule has 0 aliphatic rings. The minimum absolute atomic E-state index is 1.20. The third kappa shape index (κ3) is 1.15. The van der Waals surface area contributed by atoms with Crippen LogP contribution in [0.5, 0.6) is 0 Å². The Bertz CT molecular complexity index is 173. The molecular weight excluding hydrogens is 183 g/mol. The molecule has 0 saturated heterocycles. The van der Waals surface area contributed by atoms with Crippen LogP contribution < -0.4 is 5.46 Å². The highest BCUT2D eigenvalue weighted by Crippen LogP contribution is 2.09. The van der Waals surface area contributed by atoms with Crippen molar-refractivity contribution in [2.75, 3.05) is 0 Å². The SMILES string of the molecule is C[B]c1cscc1Br. The number of hydrogen-bond donors (Lipinski definition) is 0. The van der Waals surface area contributed by atoms with Gasteiger partial charge in [0, 0.05) is 9.85 Å². The van der Waals surface area contributed by atoms with E-state index >= 15 is 0 Å². The van der Waals surface area contributed by atoms with Crippen molar-refractivity contribution in [2.45, 2.75) is 6.82 Å². The van der Waals surface area contributed by atoms with Crippen molar-refractivity contribution in [2.24, 2.45) is 0 Å². The maximum atomic E-state index is 3.41. The molecule has 1 heterocycles. The van der Waals surface area contributed by atoms with E-state index < -0.39 is 0 Å². The number of halogens is 1. The van der Waals surface area contributed by atoms with Gasteiger partial charge in [0.15, 0.2) is 7.28 Å². The van der Waals surface area contributed by atoms with E-state index in [1.807, 2.05) is 6.82 Å². The van der Waals surface area contributed by atoms with Gasteiger partial charge in [0.1, 0.15) is 0 Å². The monoisotopic (exact) mass is 187 g/mol. The Labute approximate surface area is 62.3 Å². The maximum Gasteiger partial charge on any atom is 0.150 e. The largest absolute Gasteiger partial charge is 0.152 e. The molecule has 0 N–H and O–H groups in total. The van der Waals surface area contributed by atoms with Crippen LogP contribution in [-0.4, -0.2) is 7.28 Å². The van der Waals surface area contributed by atoms with Crippen LogP contribution in [0.2, 0.25) is 6.82 Å². The van der Waals surface area contributed by atoms with E-state index in [-0.39, 0.29) is 0 Å². The van der Waals surface area contributed by atoms with Gasteiger partial charge in [-0.05, 0) is 5.38 Å². The van der Waals surface area contributed by atoms with Gasteiger partial charge in [-0.1, -0.05) is 28.2 Å². The summed E-state index contributed by atoms with van der Waals surface area (Å²) in [6.45, 7) is 2.03. The first-order valence-electron chi connectivity index (χ1n) is 2.35. The lowest BCUT2D eigenvalue weighted by Gasteiger charge is -1.84. The van der Waals surface area contributed by atoms with Crippen LogP contribution in [0.15, 0.2) is 15.2 Å². The van der Waals surface area contributed by atoms with Gasteiger partial charge in [-0.15, -0.1) is 0 Å². The summed E-state index contributed by atoms with van der Waals surface area (Å²) < 4.78 is 1.20. The molecule has 0 saturated carbocycles. The number of hydrogen-bond acceptors (Lipinski definition) is 1. The zero-order valence-electron chi connectivity index (χ0n) is 4.52. The van der Waals surface area contributed by atoms with Gasteiger partial charge in [0.2, 0.25) is 0 Å². The first kappa shape index (κ1) is 6.37. The molecule has 1 rings (SSSR count). The Morgan fingerprint density at radius 1 is 1.62 bits per heavy atom. The molecule has 0 bridgehead atoms. The third-order valence-electron chi connectivity index (χ3n) is 0.953. The highest BCUT2D eigenvalue weighted by Gasteiger charge is 1.95. The van der Waals surface area contributed by atoms with Gasteiger partial charge in [-0.3, -0.25) is 0 Å². The highest BCUT2D eigenvalue weighted by atomic mass is 79.9. The van der Waals surface area contributed by atoms with E-state index in [1.54, 1.807) is 11.3 Å². The summed E-state index contributed by atoms with van der Waals surface area (Å²) in [5.74, 6) is 0. The molecular formula is C5H5BBrS. The van der Waals surface area contributed by atoms with E-state index in [0.29, 0.717) is 0 Å². The standard InChI is InChI=1S/C5H5BBrS/c1-6-4-2-8-3-5(4)7/h2-3H,1H3. The lowest BCUT2D eigenvalue weighted by atomic mass is 9.75. The van der Waals surface area contributed by atoms with Crippen LogP contribution in [0, 0.1) is 0 Å². The summed E-state index contributed by atoms with van der Waals surface area (Å²) in [5.41, 5.74) is 1.29. The van der Waals surface area contributed by atoms with Crippen molar-refractivity contribution in [3.63, 3.8) is 0 Å². The molecule has 1 radical (unpaired) electrons. The second-order valence-corrected chi connectivity index (χ2v) is 3.06. The predicted octanol–water partition coefficient (Wildman–Crippen LogP) is 1.89. The summed E-state index contributed by atoms with van der Waals surface area (Å²) in [4.78, 5) is 0. The Hall–Kier alpha value is 0.245. The fourth-order valence-corrected chi connectivity index (χ4v) is 2.05. The minimum atomic E-state index is 1.20. The molecule has 0 unspecified atom stereocenters. The quantitative estimate of drug-likeness (QED) is 0.590. The van der Waals surface area contributed by atoms with Crippen LogP contribution in [-0.2, 0) is 0 Å². The van der Waals surface area contributed by atoms with Crippen molar-refractivity contribution in [1.29, 1.82) is 0 Å². The van der Waals surface area contributed by atoms with Gasteiger partial charge in [-0.25, -0.2) is 0 Å². The Morgan fingerprint density at radius 2 is 2.38 bits per heavy atom. The van der Waals surface area contributed by atoms with Gasteiger partial charge in [-0.2, -0.15) is 11.3 Å². The third-order valence-corrected chi connectivity index (χ3v) is 2.70. The second-order valence-electron chi connectivity index (χ2n) is 1.46. The van der Waals surface area contributed by atoms with Gasteiger partial charge < -0.3 is 0 Å². The summed E-state index contributed by atoms with van der Waals surface area (Å²) in [6, 6.07) is 0. The summed E-state index contributed by atoms with van der Waals surface area (Å²) in [6.07, 6.45) is 0. The summed E-state index contributed by atoms with van der Waals surface area (Å²) >= 11 is 5.12. The van der Waals surface area contributed by atoms with Crippen LogP contribution in [0.3, 0.4) is 0 Å². The lowest BCUT2D eigenvalue weighted by Crippen LogP contribution is -2.07. The molecule has 0 nitrogen and oxygen atoms in total. The van der Waals surface area contributed by atoms with Crippen LogP contribution >= 0.6 is 27.3 Å². The van der Waals surface area contributed by atoms with Crippen molar-refractivity contribution in [1.82, 2.24) is 0 Å². The van der Waals surface area contributed by atoms with Crippen LogP contribution in [0.25, 0.3) is 0 Å². The van der Waals surface area contributed by atoms with Crippen molar-refractivity contribution in [3.8, 4) is 0 Å². The van der Waals surface area contributed by atoms with Gasteiger partial charge in [0.25, 0.3) is 0 Å². The van der Waals surface area contributed by atoms with E-state index in [0.717, 1.165) is 0 Å². The molecule has 1 aromatic heterocycles. The molecule has 1 aromatic rings. The van der Waals surface area contributed by atoms with Crippen molar-refractivity contribution < 1.29 is 0 Å². The van der Waals surface area contributed by atoms with Crippen LogP contribution in [0.1, 0.15) is 0 Å². The predicted molar refractivity (Wildman–Crippen MR) is 43.3 cm³/mol. The van der Waals surface area contributed by atoms with E-state index in [4.69, 9.17) is 0 Å². The smallest absolute Gasteiger partial charge is 0.150 e. The summed E-state index contributed by atoms with van der Waals surface area (Å²) in [5, 5.41) is 4.19. The van der Waals surface area contributed by atoms with Crippen molar-refractivity contribution in [3.05, 3.63) is 15.2 Å². The van der Waals surface area contributed by atoms with E-state index in [1.165, 1.54) is 9.94 Å². The molecule has 8 heavy (non-hydrogen) atoms. The molecule has 0 fully saturated rings. The highest BCUT2D eigenvalue weighted by molar-refractivity contribution is 9.10. The fourth-order valence-electron chi connectivity index (χ4n) is 0.497. The number of rotatable bonds is 1. The van der Waals surface area contributed by atoms with E-state index in [9.17, 15) is 0 Å². The Balaban J connectivity index is 2.92. The molecule has 0 aromatic carbocycles. The van der Waals surface area contributed by atoms with Crippen LogP contribution in [0.4, 0.5) is 0 Å². The molecule has 41 valence electrons. The maximum absolute atomic E-state index is 3.41. The summed E-state index contributed by atoms with van der Waals surface area (Å²) in [7, 11) is 2.08. The molecule has 0 aliphatic carbocycles. The minimum Gasteiger partial charge on any atom is -0.152 e. The molecule has 3 heteroatoms. The van der Waals surface area contributed by atoms with Gasteiger partial charge >= 0.3 is 0 Å². The normalized spacial score (nSPS) is 9.25.